The predicted octanol–water partition coefficient (Wildman–Crippen LogP) is 4.69. The highest BCUT2D eigenvalue weighted by molar-refractivity contribution is 5.52. The maximum Gasteiger partial charge on any atom is 0.0372 e. The lowest BCUT2D eigenvalue weighted by atomic mass is 10.1. The molecule has 1 aromatic rings. The second-order valence-electron chi connectivity index (χ2n) is 4.66. The molecule has 1 nitrogen and oxygen atoms in total. The lowest BCUT2D eigenvalue weighted by Crippen LogP contribution is -2.03. The highest BCUT2D eigenvalue weighted by atomic mass is 14.9. The van der Waals surface area contributed by atoms with E-state index in [4.69, 9.17) is 0 Å². The van der Waals surface area contributed by atoms with Crippen LogP contribution in [0.1, 0.15) is 50.2 Å². The average molecular weight is 219 g/mol. The third-order valence-corrected chi connectivity index (χ3v) is 2.99. The van der Waals surface area contributed by atoms with Gasteiger partial charge in [0.25, 0.3) is 0 Å². The smallest absolute Gasteiger partial charge is 0.0372 e. The van der Waals surface area contributed by atoms with Crippen molar-refractivity contribution in [1.82, 2.24) is 0 Å². The van der Waals surface area contributed by atoms with Gasteiger partial charge in [-0.3, -0.25) is 0 Å². The van der Waals surface area contributed by atoms with E-state index < -0.39 is 0 Å². The first kappa shape index (κ1) is 13.1. The van der Waals surface area contributed by atoms with E-state index in [9.17, 15) is 0 Å². The molecule has 0 aliphatic rings. The SMILES string of the molecule is CCCCCCCNc1cc(C)ccc1C. The number of aryl methyl sites for hydroxylation is 2. The first-order valence-corrected chi connectivity index (χ1v) is 6.55. The van der Waals surface area contributed by atoms with Crippen LogP contribution >= 0.6 is 0 Å². The Balaban J connectivity index is 2.23. The molecule has 1 N–H and O–H groups in total. The van der Waals surface area contributed by atoms with Gasteiger partial charge in [-0.2, -0.15) is 0 Å². The summed E-state index contributed by atoms with van der Waals surface area (Å²) in [4.78, 5) is 0. The van der Waals surface area contributed by atoms with Crippen LogP contribution in [0, 0.1) is 13.8 Å². The maximum absolute atomic E-state index is 3.53. The van der Waals surface area contributed by atoms with Crippen molar-refractivity contribution in [2.24, 2.45) is 0 Å². The summed E-state index contributed by atoms with van der Waals surface area (Å²) in [5.41, 5.74) is 3.98. The molecule has 0 unspecified atom stereocenters. The van der Waals surface area contributed by atoms with Gasteiger partial charge in [0.1, 0.15) is 0 Å². The molecule has 90 valence electrons. The lowest BCUT2D eigenvalue weighted by Gasteiger charge is -2.10. The number of benzene rings is 1. The van der Waals surface area contributed by atoms with Crippen molar-refractivity contribution >= 4 is 5.69 Å². The van der Waals surface area contributed by atoms with E-state index in [2.05, 4.69) is 44.3 Å². The molecule has 0 aliphatic heterocycles. The molecule has 1 heteroatoms. The fourth-order valence-electron chi connectivity index (χ4n) is 1.88. The topological polar surface area (TPSA) is 12.0 Å². The highest BCUT2D eigenvalue weighted by Crippen LogP contribution is 2.16. The van der Waals surface area contributed by atoms with Crippen molar-refractivity contribution in [3.63, 3.8) is 0 Å². The van der Waals surface area contributed by atoms with Crippen molar-refractivity contribution in [3.05, 3.63) is 29.3 Å². The van der Waals surface area contributed by atoms with E-state index in [1.807, 2.05) is 0 Å². The molecular weight excluding hydrogens is 194 g/mol. The summed E-state index contributed by atoms with van der Waals surface area (Å²) in [6, 6.07) is 6.60. The third kappa shape index (κ3) is 4.69. The zero-order valence-corrected chi connectivity index (χ0v) is 11.0. The molecule has 0 fully saturated rings. The molecule has 0 heterocycles. The molecule has 0 radical (unpaired) electrons. The summed E-state index contributed by atoms with van der Waals surface area (Å²) in [5, 5.41) is 3.53. The van der Waals surface area contributed by atoms with E-state index in [1.54, 1.807) is 0 Å². The molecule has 0 aliphatic carbocycles. The van der Waals surface area contributed by atoms with Gasteiger partial charge in [0.2, 0.25) is 0 Å². The maximum atomic E-state index is 3.53. The van der Waals surface area contributed by atoms with Gasteiger partial charge < -0.3 is 5.32 Å². The zero-order valence-electron chi connectivity index (χ0n) is 11.0. The van der Waals surface area contributed by atoms with Crippen molar-refractivity contribution < 1.29 is 0 Å². The number of anilines is 1. The van der Waals surface area contributed by atoms with Crippen LogP contribution < -0.4 is 5.32 Å². The molecule has 1 rings (SSSR count). The Morgan fingerprint density at radius 1 is 1.00 bits per heavy atom. The van der Waals surface area contributed by atoms with Crippen LogP contribution in [0.15, 0.2) is 18.2 Å². The fraction of sp³-hybridized carbons (Fsp3) is 0.600. The van der Waals surface area contributed by atoms with E-state index in [0.29, 0.717) is 0 Å². The molecule has 0 saturated carbocycles. The van der Waals surface area contributed by atoms with Gasteiger partial charge in [0.05, 0.1) is 0 Å². The molecule has 0 atom stereocenters. The monoisotopic (exact) mass is 219 g/mol. The second kappa shape index (κ2) is 7.32. The molecule has 0 saturated heterocycles. The Bertz CT molecular complexity index is 304. The minimum absolute atomic E-state index is 1.11. The highest BCUT2D eigenvalue weighted by Gasteiger charge is 1.97. The minimum Gasteiger partial charge on any atom is -0.385 e. The Hall–Kier alpha value is -0.980. The van der Waals surface area contributed by atoms with Crippen molar-refractivity contribution in [1.29, 1.82) is 0 Å². The molecule has 0 aromatic heterocycles. The Morgan fingerprint density at radius 3 is 2.50 bits per heavy atom. The summed E-state index contributed by atoms with van der Waals surface area (Å²) in [7, 11) is 0. The van der Waals surface area contributed by atoms with Gasteiger partial charge >= 0.3 is 0 Å². The quantitative estimate of drug-likeness (QED) is 0.656. The predicted molar refractivity (Wildman–Crippen MR) is 73.2 cm³/mol. The molecule has 1 aromatic carbocycles. The zero-order chi connectivity index (χ0) is 11.8. The number of rotatable bonds is 7. The molecule has 16 heavy (non-hydrogen) atoms. The van der Waals surface area contributed by atoms with Crippen LogP contribution in [0.25, 0.3) is 0 Å². The molecule has 0 amide bonds. The van der Waals surface area contributed by atoms with Crippen molar-refractivity contribution in [2.45, 2.75) is 52.9 Å². The van der Waals surface area contributed by atoms with Gasteiger partial charge in [0, 0.05) is 12.2 Å². The van der Waals surface area contributed by atoms with E-state index in [-0.39, 0.29) is 0 Å². The van der Waals surface area contributed by atoms with Crippen LogP contribution in [-0.4, -0.2) is 6.54 Å². The molecule has 0 spiro atoms. The Morgan fingerprint density at radius 2 is 1.75 bits per heavy atom. The Kier molecular flexibility index (Phi) is 5.99. The number of hydrogen-bond acceptors (Lipinski definition) is 1. The Labute approximate surface area is 100 Å². The third-order valence-electron chi connectivity index (χ3n) is 2.99. The first-order chi connectivity index (χ1) is 7.74. The number of unbranched alkanes of at least 4 members (excludes halogenated alkanes) is 4. The first-order valence-electron chi connectivity index (χ1n) is 6.55. The van der Waals surface area contributed by atoms with Gasteiger partial charge in [-0.15, -0.1) is 0 Å². The largest absolute Gasteiger partial charge is 0.385 e. The lowest BCUT2D eigenvalue weighted by molar-refractivity contribution is 0.645. The summed E-state index contributed by atoms with van der Waals surface area (Å²) >= 11 is 0. The minimum atomic E-state index is 1.11. The summed E-state index contributed by atoms with van der Waals surface area (Å²) < 4.78 is 0. The summed E-state index contributed by atoms with van der Waals surface area (Å²) in [6.07, 6.45) is 6.72. The number of hydrogen-bond donors (Lipinski definition) is 1. The fourth-order valence-corrected chi connectivity index (χ4v) is 1.88. The molecular formula is C15H25N. The number of nitrogens with one attached hydrogen (secondary N) is 1. The van der Waals surface area contributed by atoms with E-state index in [0.717, 1.165) is 6.54 Å². The van der Waals surface area contributed by atoms with Gasteiger partial charge in [-0.25, -0.2) is 0 Å². The normalized spacial score (nSPS) is 10.4. The van der Waals surface area contributed by atoms with Crippen molar-refractivity contribution in [3.8, 4) is 0 Å². The average Bonchev–Trinajstić information content (AvgIpc) is 2.28. The second-order valence-corrected chi connectivity index (χ2v) is 4.66. The molecule has 0 bridgehead atoms. The van der Waals surface area contributed by atoms with Crippen LogP contribution in [0.2, 0.25) is 0 Å². The standard InChI is InChI=1S/C15H25N/c1-4-5-6-7-8-11-16-15-12-13(2)9-10-14(15)3/h9-10,12,16H,4-8,11H2,1-3H3. The summed E-state index contributed by atoms with van der Waals surface area (Å²) in [6.45, 7) is 7.67. The van der Waals surface area contributed by atoms with Crippen LogP contribution in [0.4, 0.5) is 5.69 Å². The van der Waals surface area contributed by atoms with Crippen molar-refractivity contribution in [2.75, 3.05) is 11.9 Å². The van der Waals surface area contributed by atoms with Gasteiger partial charge in [-0.05, 0) is 37.5 Å². The summed E-state index contributed by atoms with van der Waals surface area (Å²) in [5.74, 6) is 0. The van der Waals surface area contributed by atoms with Gasteiger partial charge in [-0.1, -0.05) is 44.7 Å². The van der Waals surface area contributed by atoms with Crippen LogP contribution in [0.3, 0.4) is 0 Å². The van der Waals surface area contributed by atoms with E-state index >= 15 is 0 Å². The van der Waals surface area contributed by atoms with Crippen LogP contribution in [-0.2, 0) is 0 Å². The van der Waals surface area contributed by atoms with E-state index in [1.165, 1.54) is 48.9 Å². The van der Waals surface area contributed by atoms with Gasteiger partial charge in [0.15, 0.2) is 0 Å². The van der Waals surface area contributed by atoms with Crippen LogP contribution in [0.5, 0.6) is 0 Å².